The Morgan fingerprint density at radius 3 is 3.00 bits per heavy atom. The van der Waals surface area contributed by atoms with Crippen molar-refractivity contribution in [3.05, 3.63) is 34.5 Å². The van der Waals surface area contributed by atoms with Crippen LogP contribution in [0.15, 0.2) is 33.4 Å². The van der Waals surface area contributed by atoms with E-state index in [4.69, 9.17) is 10.2 Å². The van der Waals surface area contributed by atoms with Crippen LogP contribution in [-0.4, -0.2) is 6.04 Å². The van der Waals surface area contributed by atoms with Crippen molar-refractivity contribution in [1.29, 1.82) is 0 Å². The number of hydrogen-bond donors (Lipinski definition) is 1. The molecule has 0 aliphatic rings. The van der Waals surface area contributed by atoms with Gasteiger partial charge in [0.2, 0.25) is 0 Å². The molecule has 1 unspecified atom stereocenters. The zero-order chi connectivity index (χ0) is 10.1. The Bertz CT molecular complexity index is 447. The first kappa shape index (κ1) is 9.74. The highest BCUT2D eigenvalue weighted by Crippen LogP contribution is 2.25. The maximum absolute atomic E-state index is 5.76. The third-order valence-electron chi connectivity index (χ3n) is 2.16. The summed E-state index contributed by atoms with van der Waals surface area (Å²) in [6, 6.07) is 6.16. The minimum atomic E-state index is 0.162. The lowest BCUT2D eigenvalue weighted by Gasteiger charge is -2.01. The summed E-state index contributed by atoms with van der Waals surface area (Å²) < 4.78 is 6.50. The average molecular weight is 254 g/mol. The van der Waals surface area contributed by atoms with E-state index < -0.39 is 0 Å². The summed E-state index contributed by atoms with van der Waals surface area (Å²) in [5, 5.41) is 1.15. The van der Waals surface area contributed by atoms with Crippen LogP contribution in [0.3, 0.4) is 0 Å². The number of hydrogen-bond acceptors (Lipinski definition) is 2. The smallest absolute Gasteiger partial charge is 0.134 e. The van der Waals surface area contributed by atoms with Crippen LogP contribution in [-0.2, 0) is 6.42 Å². The summed E-state index contributed by atoms with van der Waals surface area (Å²) in [7, 11) is 0. The van der Waals surface area contributed by atoms with Crippen LogP contribution in [0.4, 0.5) is 0 Å². The molecular formula is C11H12BrNO. The molecule has 1 heterocycles. The van der Waals surface area contributed by atoms with Gasteiger partial charge in [-0.05, 0) is 37.1 Å². The molecule has 3 heteroatoms. The molecular weight excluding hydrogens is 242 g/mol. The molecule has 1 aromatic carbocycles. The molecule has 74 valence electrons. The number of fused-ring (bicyclic) bond motifs is 1. The first-order valence-corrected chi connectivity index (χ1v) is 5.37. The predicted molar refractivity (Wildman–Crippen MR) is 61.3 cm³/mol. The summed E-state index contributed by atoms with van der Waals surface area (Å²) >= 11 is 3.44. The van der Waals surface area contributed by atoms with Gasteiger partial charge in [0.25, 0.3) is 0 Å². The Labute approximate surface area is 91.2 Å². The zero-order valence-corrected chi connectivity index (χ0v) is 9.54. The van der Waals surface area contributed by atoms with Crippen LogP contribution in [0, 0.1) is 0 Å². The van der Waals surface area contributed by atoms with Gasteiger partial charge < -0.3 is 10.2 Å². The fraction of sp³-hybridized carbons (Fsp3) is 0.273. The first-order chi connectivity index (χ1) is 6.66. The molecule has 2 aromatic rings. The molecule has 1 aromatic heterocycles. The SMILES string of the molecule is CC(N)Cc1coc2ccc(Br)cc12. The zero-order valence-electron chi connectivity index (χ0n) is 7.96. The van der Waals surface area contributed by atoms with Crippen molar-refractivity contribution < 1.29 is 4.42 Å². The molecule has 0 aliphatic heterocycles. The van der Waals surface area contributed by atoms with E-state index in [1.807, 2.05) is 19.1 Å². The summed E-state index contributed by atoms with van der Waals surface area (Å²) in [6.45, 7) is 2.00. The molecule has 2 nitrogen and oxygen atoms in total. The first-order valence-electron chi connectivity index (χ1n) is 4.58. The van der Waals surface area contributed by atoms with Gasteiger partial charge in [-0.15, -0.1) is 0 Å². The highest BCUT2D eigenvalue weighted by atomic mass is 79.9. The van der Waals surface area contributed by atoms with Crippen molar-refractivity contribution in [2.75, 3.05) is 0 Å². The Balaban J connectivity index is 2.50. The van der Waals surface area contributed by atoms with E-state index in [9.17, 15) is 0 Å². The van der Waals surface area contributed by atoms with Gasteiger partial charge in [0, 0.05) is 15.9 Å². The van der Waals surface area contributed by atoms with Crippen molar-refractivity contribution in [3.63, 3.8) is 0 Å². The van der Waals surface area contributed by atoms with Crippen LogP contribution in [0.1, 0.15) is 12.5 Å². The third-order valence-corrected chi connectivity index (χ3v) is 2.65. The highest BCUT2D eigenvalue weighted by molar-refractivity contribution is 9.10. The van der Waals surface area contributed by atoms with Crippen molar-refractivity contribution in [3.8, 4) is 0 Å². The van der Waals surface area contributed by atoms with Gasteiger partial charge in [-0.3, -0.25) is 0 Å². The summed E-state index contributed by atoms with van der Waals surface area (Å²) in [6.07, 6.45) is 2.64. The maximum atomic E-state index is 5.76. The molecule has 1 atom stereocenters. The molecule has 0 aliphatic carbocycles. The van der Waals surface area contributed by atoms with Crippen molar-refractivity contribution >= 4 is 26.9 Å². The molecule has 14 heavy (non-hydrogen) atoms. The summed E-state index contributed by atoms with van der Waals surface area (Å²) in [4.78, 5) is 0. The maximum Gasteiger partial charge on any atom is 0.134 e. The van der Waals surface area contributed by atoms with Crippen LogP contribution >= 0.6 is 15.9 Å². The van der Waals surface area contributed by atoms with Crippen molar-refractivity contribution in [1.82, 2.24) is 0 Å². The molecule has 0 amide bonds. The lowest BCUT2D eigenvalue weighted by Crippen LogP contribution is -2.17. The number of rotatable bonds is 2. The third kappa shape index (κ3) is 1.83. The van der Waals surface area contributed by atoms with E-state index in [1.165, 1.54) is 5.56 Å². The van der Waals surface area contributed by atoms with Crippen molar-refractivity contribution in [2.24, 2.45) is 5.73 Å². The lowest BCUT2D eigenvalue weighted by atomic mass is 10.1. The van der Waals surface area contributed by atoms with Gasteiger partial charge in [-0.25, -0.2) is 0 Å². The van der Waals surface area contributed by atoms with E-state index in [-0.39, 0.29) is 6.04 Å². The minimum absolute atomic E-state index is 0.162. The van der Waals surface area contributed by atoms with Crippen LogP contribution in [0.2, 0.25) is 0 Å². The second-order valence-electron chi connectivity index (χ2n) is 3.58. The van der Waals surface area contributed by atoms with Gasteiger partial charge in [0.1, 0.15) is 5.58 Å². The van der Waals surface area contributed by atoms with Gasteiger partial charge in [0.15, 0.2) is 0 Å². The number of furan rings is 1. The summed E-state index contributed by atoms with van der Waals surface area (Å²) in [5.74, 6) is 0. The van der Waals surface area contributed by atoms with Gasteiger partial charge in [-0.2, -0.15) is 0 Å². The molecule has 0 fully saturated rings. The quantitative estimate of drug-likeness (QED) is 0.894. The largest absolute Gasteiger partial charge is 0.464 e. The van der Waals surface area contributed by atoms with Gasteiger partial charge in [-0.1, -0.05) is 15.9 Å². The molecule has 2 rings (SSSR count). The van der Waals surface area contributed by atoms with E-state index >= 15 is 0 Å². The molecule has 0 spiro atoms. The number of nitrogens with two attached hydrogens (primary N) is 1. The number of halogens is 1. The van der Waals surface area contributed by atoms with Crippen LogP contribution < -0.4 is 5.73 Å². The van der Waals surface area contributed by atoms with Gasteiger partial charge in [0.05, 0.1) is 6.26 Å². The van der Waals surface area contributed by atoms with Crippen LogP contribution in [0.25, 0.3) is 11.0 Å². The Morgan fingerprint density at radius 2 is 2.29 bits per heavy atom. The average Bonchev–Trinajstić information content (AvgIpc) is 2.47. The summed E-state index contributed by atoms with van der Waals surface area (Å²) in [5.41, 5.74) is 7.86. The van der Waals surface area contributed by atoms with E-state index in [0.717, 1.165) is 21.9 Å². The predicted octanol–water partition coefficient (Wildman–Crippen LogP) is 3.09. The Hall–Kier alpha value is -0.800. The standard InChI is InChI=1S/C11H12BrNO/c1-7(13)4-8-6-14-11-3-2-9(12)5-10(8)11/h2-3,5-7H,4,13H2,1H3. The lowest BCUT2D eigenvalue weighted by molar-refractivity contribution is 0.605. The van der Waals surface area contributed by atoms with Gasteiger partial charge >= 0.3 is 0 Å². The van der Waals surface area contributed by atoms with Crippen molar-refractivity contribution in [2.45, 2.75) is 19.4 Å². The topological polar surface area (TPSA) is 39.2 Å². The molecule has 0 radical (unpaired) electrons. The second kappa shape index (κ2) is 3.75. The van der Waals surface area contributed by atoms with E-state index in [1.54, 1.807) is 6.26 Å². The molecule has 0 saturated carbocycles. The van der Waals surface area contributed by atoms with E-state index in [2.05, 4.69) is 22.0 Å². The highest BCUT2D eigenvalue weighted by Gasteiger charge is 2.07. The van der Waals surface area contributed by atoms with Crippen LogP contribution in [0.5, 0.6) is 0 Å². The second-order valence-corrected chi connectivity index (χ2v) is 4.50. The van der Waals surface area contributed by atoms with E-state index in [0.29, 0.717) is 0 Å². The molecule has 2 N–H and O–H groups in total. The fourth-order valence-corrected chi connectivity index (χ4v) is 1.92. The molecule has 0 bridgehead atoms. The Kier molecular flexibility index (Phi) is 2.61. The normalized spacial score (nSPS) is 13.4. The Morgan fingerprint density at radius 1 is 1.50 bits per heavy atom. The molecule has 0 saturated heterocycles. The number of benzene rings is 1. The monoisotopic (exact) mass is 253 g/mol. The fourth-order valence-electron chi connectivity index (χ4n) is 1.56. The minimum Gasteiger partial charge on any atom is -0.464 e.